The van der Waals surface area contributed by atoms with Gasteiger partial charge >= 0.3 is 6.18 Å². The Bertz CT molecular complexity index is 2790. The molecule has 542 valence electrons. The van der Waals surface area contributed by atoms with Crippen LogP contribution in [0.25, 0.3) is 0 Å². The zero-order chi connectivity index (χ0) is 71.0. The quantitative estimate of drug-likeness (QED) is 0.241. The van der Waals surface area contributed by atoms with Gasteiger partial charge in [0.1, 0.15) is 54.5 Å². The van der Waals surface area contributed by atoms with E-state index in [4.69, 9.17) is 0 Å². The van der Waals surface area contributed by atoms with Gasteiger partial charge in [-0.2, -0.15) is 13.2 Å². The molecule has 0 aromatic rings. The van der Waals surface area contributed by atoms with Gasteiger partial charge in [-0.3, -0.25) is 52.7 Å². The van der Waals surface area contributed by atoms with Crippen molar-refractivity contribution in [3.05, 3.63) is 0 Å². The number of hydrogen-bond acceptors (Lipinski definition) is 12. The van der Waals surface area contributed by atoms with Crippen molar-refractivity contribution in [3.8, 4) is 0 Å². The van der Waals surface area contributed by atoms with Crippen LogP contribution in [0.4, 0.5) is 17.6 Å². The first kappa shape index (κ1) is 77.2. The topological polar surface area (TPSA) is 253 Å². The number of nitrogens with one attached hydrogen (secondary N) is 3. The second-order valence-corrected chi connectivity index (χ2v) is 30.0. The molecule has 4 aliphatic carbocycles. The second kappa shape index (κ2) is 33.1. The van der Waals surface area contributed by atoms with Crippen molar-refractivity contribution in [1.82, 2.24) is 60.0 Å². The molecule has 13 atom stereocenters. The summed E-state index contributed by atoms with van der Waals surface area (Å²) >= 11 is 0. The summed E-state index contributed by atoms with van der Waals surface area (Å²) in [5, 5.41) is 9.38. The van der Waals surface area contributed by atoms with Crippen molar-refractivity contribution in [3.63, 3.8) is 0 Å². The predicted octanol–water partition coefficient (Wildman–Crippen LogP) is 5.13. The van der Waals surface area contributed by atoms with E-state index >= 15 is 18.8 Å². The summed E-state index contributed by atoms with van der Waals surface area (Å²) in [6.07, 6.45) is 1.50. The van der Waals surface area contributed by atoms with E-state index in [1.54, 1.807) is 18.9 Å². The minimum absolute atomic E-state index is 0.0498. The van der Waals surface area contributed by atoms with Crippen LogP contribution in [0.3, 0.4) is 0 Å². The molecule has 23 nitrogen and oxygen atoms in total. The molecule has 4 saturated carbocycles. The van der Waals surface area contributed by atoms with Crippen molar-refractivity contribution < 1.29 is 70.3 Å². The van der Waals surface area contributed by atoms with Crippen molar-refractivity contribution in [1.29, 1.82) is 0 Å². The maximum absolute atomic E-state index is 15.5. The smallest absolute Gasteiger partial charge is 0.347 e. The number of hydrogen-bond donors (Lipinski definition) is 3. The van der Waals surface area contributed by atoms with Gasteiger partial charge in [0.25, 0.3) is 0 Å². The Labute approximate surface area is 565 Å². The lowest BCUT2D eigenvalue weighted by Crippen LogP contribution is -2.65. The summed E-state index contributed by atoms with van der Waals surface area (Å²) in [7, 11) is 11.9. The van der Waals surface area contributed by atoms with Crippen LogP contribution < -0.4 is 16.0 Å². The van der Waals surface area contributed by atoms with E-state index in [0.29, 0.717) is 70.6 Å². The van der Waals surface area contributed by atoms with Crippen molar-refractivity contribution in [2.45, 2.75) is 255 Å². The van der Waals surface area contributed by atoms with Gasteiger partial charge in [-0.25, -0.2) is 4.39 Å². The van der Waals surface area contributed by atoms with Crippen LogP contribution in [0.5, 0.6) is 0 Å². The molecule has 7 fully saturated rings. The zero-order valence-electron chi connectivity index (χ0n) is 59.4. The lowest BCUT2D eigenvalue weighted by Gasteiger charge is -2.45. The molecule has 3 saturated heterocycles. The van der Waals surface area contributed by atoms with Gasteiger partial charge in [0.15, 0.2) is 0 Å². The largest absolute Gasteiger partial charge is 0.394 e. The monoisotopic (exact) mass is 1360 g/mol. The van der Waals surface area contributed by atoms with Crippen molar-refractivity contribution >= 4 is 65.0 Å². The minimum atomic E-state index is -4.71. The van der Waals surface area contributed by atoms with E-state index in [1.165, 1.54) is 95.5 Å². The van der Waals surface area contributed by atoms with E-state index in [0.717, 1.165) is 25.7 Å². The SMILES string of the molecule is CC[C@H](C)[C@@H]1NC(=O)[C@H](CC(C)C)N(C)C(=O)C[C@@H](C(=O)N(C)C)N(C)C(=O)[C@H](C2CCCC2)N(C)C(=O)C2(CCCC2)NC[C@@H]2CCCN2C(=O)[C@H](CCC2CCC(C(F)(F)F)C(F)C2)NC(=O)CN(C)C(=O)[C@H](C2CCCC2)N(C)C(=O)[C@@H]2CCN2C(=O)[C@H](C)N(C)C1=O. The third kappa shape index (κ3) is 17.6. The third-order valence-corrected chi connectivity index (χ3v) is 22.9. The summed E-state index contributed by atoms with van der Waals surface area (Å²) in [5.41, 5.74) is -1.19. The summed E-state index contributed by atoms with van der Waals surface area (Å²) < 4.78 is 56.7. The van der Waals surface area contributed by atoms with Crippen LogP contribution in [-0.2, 0) is 52.7 Å². The Balaban J connectivity index is 1.25. The highest BCUT2D eigenvalue weighted by Gasteiger charge is 2.52. The molecule has 3 N–H and O–H groups in total. The Morgan fingerprint density at radius 1 is 0.646 bits per heavy atom. The molecule has 0 aromatic carbocycles. The standard InChI is InChI=1S/C69H112F4N12O11/c1-14-42(4)56-64(93)79(9)43(5)60(89)85-35-31-51(85)63(92)82(12)57(45-22-15-16-23-45)65(94)78(8)40-54(86)75-50(30-28-44-27-29-48(49(70)37-44)69(71,72)73)61(90)84-34-21-26-47(84)39-74-68(32-19-20-33-68)67(96)83(13)58(46-24-17-18-25-46)66(95)81(11)53(62(91)77(6)7)38-55(87)80(10)52(36-41(2)3)59(88)76-56/h41-53,56-58,74H,14-40H2,1-13H3,(H,75,86)(H,76,88)/t42-,43-,44?,47-,48?,49?,50-,51-,52-,53-,56-,57-,58-/m0/s1. The van der Waals surface area contributed by atoms with Crippen LogP contribution in [0.2, 0.25) is 0 Å². The molecular weight excluding hydrogens is 1250 g/mol. The molecule has 3 unspecified atom stereocenters. The summed E-state index contributed by atoms with van der Waals surface area (Å²) in [4.78, 5) is 176. The molecule has 0 bridgehead atoms. The number of carbonyl (C=O) groups excluding carboxylic acids is 11. The molecule has 96 heavy (non-hydrogen) atoms. The van der Waals surface area contributed by atoms with Gasteiger partial charge in [0, 0.05) is 82.1 Å². The van der Waals surface area contributed by atoms with Crippen LogP contribution in [-0.4, -0.2) is 264 Å². The Hall–Kier alpha value is -6.15. The molecule has 7 aliphatic rings. The highest BCUT2D eigenvalue weighted by Crippen LogP contribution is 2.43. The number of rotatable bonds is 10. The fourth-order valence-electron chi connectivity index (χ4n) is 16.4. The van der Waals surface area contributed by atoms with E-state index in [-0.39, 0.29) is 81.8 Å². The van der Waals surface area contributed by atoms with Crippen molar-refractivity contribution in [2.75, 3.05) is 82.6 Å². The fraction of sp³-hybridized carbons (Fsp3) is 0.841. The highest BCUT2D eigenvalue weighted by atomic mass is 19.4. The van der Waals surface area contributed by atoms with Gasteiger partial charge in [0.05, 0.1) is 24.4 Å². The number of amides is 11. The number of nitrogens with zero attached hydrogens (tertiary/aromatic N) is 9. The van der Waals surface area contributed by atoms with Gasteiger partial charge in [0.2, 0.25) is 65.0 Å². The first-order valence-electron chi connectivity index (χ1n) is 35.6. The average Bonchev–Trinajstić information content (AvgIpc) is 1.32. The number of alkyl halides is 4. The molecule has 27 heteroatoms. The first-order valence-corrected chi connectivity index (χ1v) is 35.6. The van der Waals surface area contributed by atoms with Crippen LogP contribution in [0.1, 0.15) is 182 Å². The number of fused-ring (bicyclic) bond motifs is 2. The van der Waals surface area contributed by atoms with E-state index < -0.39 is 168 Å². The number of halogens is 4. The van der Waals surface area contributed by atoms with Crippen LogP contribution >= 0.6 is 0 Å². The lowest BCUT2D eigenvalue weighted by molar-refractivity contribution is -0.201. The fourth-order valence-corrected chi connectivity index (χ4v) is 16.4. The lowest BCUT2D eigenvalue weighted by atomic mass is 9.78. The zero-order valence-corrected chi connectivity index (χ0v) is 59.4. The van der Waals surface area contributed by atoms with Crippen molar-refractivity contribution in [2.24, 2.45) is 35.5 Å². The van der Waals surface area contributed by atoms with Crippen LogP contribution in [0, 0.1) is 35.5 Å². The predicted molar refractivity (Wildman–Crippen MR) is 351 cm³/mol. The van der Waals surface area contributed by atoms with E-state index in [2.05, 4.69) is 16.0 Å². The summed E-state index contributed by atoms with van der Waals surface area (Å²) in [6.45, 7) is 8.92. The second-order valence-electron chi connectivity index (χ2n) is 30.0. The van der Waals surface area contributed by atoms with Gasteiger partial charge in [-0.1, -0.05) is 72.6 Å². The Morgan fingerprint density at radius 3 is 1.79 bits per heavy atom. The summed E-state index contributed by atoms with van der Waals surface area (Å²) in [5.74, 6) is -10.1. The molecule has 11 amide bonds. The normalized spacial score (nSPS) is 31.7. The molecule has 0 aromatic heterocycles. The molecule has 1 spiro atoms. The van der Waals surface area contributed by atoms with Gasteiger partial charge < -0.3 is 60.0 Å². The highest BCUT2D eigenvalue weighted by molar-refractivity contribution is 5.99. The summed E-state index contributed by atoms with van der Waals surface area (Å²) in [6, 6.07) is -9.77. The minimum Gasteiger partial charge on any atom is -0.347 e. The maximum Gasteiger partial charge on any atom is 0.394 e. The molecule has 0 radical (unpaired) electrons. The molecular formula is C69H112F4N12O11. The average molecular weight is 1360 g/mol. The maximum atomic E-state index is 15.5. The van der Waals surface area contributed by atoms with Crippen LogP contribution in [0.15, 0.2) is 0 Å². The Kier molecular flexibility index (Phi) is 26.7. The third-order valence-electron chi connectivity index (χ3n) is 22.9. The molecule has 3 heterocycles. The molecule has 7 rings (SSSR count). The number of likely N-dealkylation sites (N-methyl/N-ethyl adjacent to an activating group) is 7. The molecule has 3 aliphatic heterocycles. The number of carbonyl (C=O) groups is 11. The Morgan fingerprint density at radius 2 is 1.25 bits per heavy atom. The first-order chi connectivity index (χ1) is 45.1. The van der Waals surface area contributed by atoms with Gasteiger partial charge in [-0.15, -0.1) is 0 Å². The van der Waals surface area contributed by atoms with E-state index in [9.17, 15) is 51.5 Å². The van der Waals surface area contributed by atoms with E-state index in [1.807, 2.05) is 20.8 Å². The van der Waals surface area contributed by atoms with Gasteiger partial charge in [-0.05, 0) is 133 Å².